The lowest BCUT2D eigenvalue weighted by Gasteiger charge is -2.10. The van der Waals surface area contributed by atoms with Crippen molar-refractivity contribution in [2.24, 2.45) is 0 Å². The molecule has 2 aromatic carbocycles. The fourth-order valence-electron chi connectivity index (χ4n) is 2.07. The van der Waals surface area contributed by atoms with Crippen LogP contribution >= 0.6 is 0 Å². The van der Waals surface area contributed by atoms with Gasteiger partial charge in [-0.15, -0.1) is 0 Å². The molecule has 0 aliphatic rings. The Bertz CT molecular complexity index is 577. The number of rotatable bonds is 6. The number of aryl methyl sites for hydroxylation is 1. The summed E-state index contributed by atoms with van der Waals surface area (Å²) in [4.78, 5) is 12.1. The molecule has 2 aromatic rings. The van der Waals surface area contributed by atoms with Gasteiger partial charge in [-0.1, -0.05) is 30.3 Å². The number of nitrogen functional groups attached to an aromatic ring is 1. The fourth-order valence-corrected chi connectivity index (χ4v) is 2.07. The molecule has 4 heteroatoms. The zero-order chi connectivity index (χ0) is 15.1. The van der Waals surface area contributed by atoms with E-state index in [0.29, 0.717) is 24.4 Å². The van der Waals surface area contributed by atoms with E-state index in [2.05, 4.69) is 5.32 Å². The van der Waals surface area contributed by atoms with E-state index in [-0.39, 0.29) is 5.91 Å². The minimum absolute atomic E-state index is 0.134. The van der Waals surface area contributed by atoms with Crippen LogP contribution in [0.1, 0.15) is 22.3 Å². The predicted molar refractivity (Wildman–Crippen MR) is 84.5 cm³/mol. The van der Waals surface area contributed by atoms with Crippen molar-refractivity contribution in [2.75, 3.05) is 18.9 Å². The number of ether oxygens (including phenoxy) is 1. The first kappa shape index (κ1) is 14.9. The summed E-state index contributed by atoms with van der Waals surface area (Å²) in [5.41, 5.74) is 7.79. The number of carbonyl (C=O) groups is 1. The first-order valence-electron chi connectivity index (χ1n) is 6.99. The molecule has 0 heterocycles. The average Bonchev–Trinajstić information content (AvgIpc) is 2.48. The molecular formula is C17H20N2O2. The van der Waals surface area contributed by atoms with Crippen LogP contribution in [0.5, 0.6) is 5.75 Å². The number of hydrogen-bond donors (Lipinski definition) is 2. The molecule has 2 rings (SSSR count). The van der Waals surface area contributed by atoms with Gasteiger partial charge < -0.3 is 15.8 Å². The molecule has 0 aliphatic carbocycles. The lowest BCUT2D eigenvalue weighted by Crippen LogP contribution is -2.27. The monoisotopic (exact) mass is 284 g/mol. The zero-order valence-corrected chi connectivity index (χ0v) is 12.1. The Labute approximate surface area is 124 Å². The number of para-hydroxylation sites is 1. The molecule has 0 aromatic heterocycles. The summed E-state index contributed by atoms with van der Waals surface area (Å²) >= 11 is 0. The number of carbonyl (C=O) groups excluding carboxylic acids is 1. The minimum Gasteiger partial charge on any atom is -0.494 e. The fraction of sp³-hybridized carbons (Fsp3) is 0.235. The van der Waals surface area contributed by atoms with Gasteiger partial charge in [0, 0.05) is 12.2 Å². The van der Waals surface area contributed by atoms with Crippen LogP contribution in [-0.2, 0) is 0 Å². The largest absolute Gasteiger partial charge is 0.494 e. The Morgan fingerprint density at radius 2 is 1.90 bits per heavy atom. The van der Waals surface area contributed by atoms with Gasteiger partial charge in [-0.25, -0.2) is 0 Å². The van der Waals surface area contributed by atoms with Crippen molar-refractivity contribution in [3.8, 4) is 5.75 Å². The Hall–Kier alpha value is -2.49. The molecule has 0 unspecified atom stereocenters. The third-order valence-electron chi connectivity index (χ3n) is 3.15. The van der Waals surface area contributed by atoms with Crippen molar-refractivity contribution in [3.63, 3.8) is 0 Å². The average molecular weight is 284 g/mol. The molecule has 0 spiro atoms. The molecule has 0 saturated heterocycles. The standard InChI is InChI=1S/C17H20N2O2/c1-13-7-5-10-15(18)16(13)17(20)19-11-6-12-21-14-8-3-2-4-9-14/h2-5,7-10H,6,11-12,18H2,1H3,(H,19,20). The van der Waals surface area contributed by atoms with Crippen LogP contribution in [0.3, 0.4) is 0 Å². The molecule has 0 saturated carbocycles. The number of hydrogen-bond acceptors (Lipinski definition) is 3. The van der Waals surface area contributed by atoms with E-state index in [1.165, 1.54) is 0 Å². The quantitative estimate of drug-likeness (QED) is 0.633. The first-order chi connectivity index (χ1) is 10.2. The topological polar surface area (TPSA) is 64.4 Å². The van der Waals surface area contributed by atoms with Crippen molar-refractivity contribution >= 4 is 11.6 Å². The highest BCUT2D eigenvalue weighted by Crippen LogP contribution is 2.15. The summed E-state index contributed by atoms with van der Waals surface area (Å²) < 4.78 is 5.56. The van der Waals surface area contributed by atoms with Crippen LogP contribution in [-0.4, -0.2) is 19.1 Å². The van der Waals surface area contributed by atoms with Crippen LogP contribution in [0.25, 0.3) is 0 Å². The lowest BCUT2D eigenvalue weighted by molar-refractivity contribution is 0.0952. The van der Waals surface area contributed by atoms with E-state index in [4.69, 9.17) is 10.5 Å². The first-order valence-corrected chi connectivity index (χ1v) is 6.99. The maximum Gasteiger partial charge on any atom is 0.253 e. The zero-order valence-electron chi connectivity index (χ0n) is 12.1. The van der Waals surface area contributed by atoms with E-state index in [1.54, 1.807) is 6.07 Å². The van der Waals surface area contributed by atoms with Crippen molar-refractivity contribution < 1.29 is 9.53 Å². The van der Waals surface area contributed by atoms with Crippen molar-refractivity contribution in [1.29, 1.82) is 0 Å². The molecule has 1 amide bonds. The Balaban J connectivity index is 1.75. The number of nitrogens with one attached hydrogen (secondary N) is 1. The van der Waals surface area contributed by atoms with Gasteiger partial charge in [-0.3, -0.25) is 4.79 Å². The van der Waals surface area contributed by atoms with E-state index in [9.17, 15) is 4.79 Å². The number of nitrogens with two attached hydrogens (primary N) is 1. The number of benzene rings is 2. The van der Waals surface area contributed by atoms with Crippen molar-refractivity contribution in [1.82, 2.24) is 5.32 Å². The van der Waals surface area contributed by atoms with E-state index >= 15 is 0 Å². The van der Waals surface area contributed by atoms with Gasteiger partial charge in [0.15, 0.2) is 0 Å². The molecule has 0 fully saturated rings. The highest BCUT2D eigenvalue weighted by molar-refractivity contribution is 6.00. The third kappa shape index (κ3) is 4.24. The van der Waals surface area contributed by atoms with Crippen LogP contribution < -0.4 is 15.8 Å². The molecule has 0 radical (unpaired) electrons. The van der Waals surface area contributed by atoms with Gasteiger partial charge in [-0.2, -0.15) is 0 Å². The normalized spacial score (nSPS) is 10.1. The Kier molecular flexibility index (Phi) is 5.21. The van der Waals surface area contributed by atoms with Crippen LogP contribution in [0.2, 0.25) is 0 Å². The van der Waals surface area contributed by atoms with Crippen LogP contribution in [0.4, 0.5) is 5.69 Å². The van der Waals surface area contributed by atoms with Crippen LogP contribution in [0, 0.1) is 6.92 Å². The third-order valence-corrected chi connectivity index (χ3v) is 3.15. The molecule has 3 N–H and O–H groups in total. The highest BCUT2D eigenvalue weighted by Gasteiger charge is 2.11. The van der Waals surface area contributed by atoms with Crippen LogP contribution in [0.15, 0.2) is 48.5 Å². The Morgan fingerprint density at radius 1 is 1.14 bits per heavy atom. The number of amides is 1. The summed E-state index contributed by atoms with van der Waals surface area (Å²) in [6.45, 7) is 3.00. The van der Waals surface area contributed by atoms with Gasteiger partial charge in [0.25, 0.3) is 5.91 Å². The summed E-state index contributed by atoms with van der Waals surface area (Å²) in [6.07, 6.45) is 0.742. The maximum absolute atomic E-state index is 12.1. The molecule has 21 heavy (non-hydrogen) atoms. The lowest BCUT2D eigenvalue weighted by atomic mass is 10.1. The second-order valence-electron chi connectivity index (χ2n) is 4.81. The van der Waals surface area contributed by atoms with Gasteiger partial charge in [0.1, 0.15) is 5.75 Å². The molecule has 0 aliphatic heterocycles. The summed E-state index contributed by atoms with van der Waals surface area (Å²) in [7, 11) is 0. The molecular weight excluding hydrogens is 264 g/mol. The van der Waals surface area contributed by atoms with E-state index in [0.717, 1.165) is 17.7 Å². The summed E-state index contributed by atoms with van der Waals surface area (Å²) in [5.74, 6) is 0.706. The summed E-state index contributed by atoms with van der Waals surface area (Å²) in [5, 5.41) is 2.87. The minimum atomic E-state index is -0.134. The smallest absolute Gasteiger partial charge is 0.253 e. The summed E-state index contributed by atoms with van der Waals surface area (Å²) in [6, 6.07) is 15.1. The second-order valence-corrected chi connectivity index (χ2v) is 4.81. The molecule has 0 atom stereocenters. The molecule has 4 nitrogen and oxygen atoms in total. The Morgan fingerprint density at radius 3 is 2.62 bits per heavy atom. The second kappa shape index (κ2) is 7.33. The van der Waals surface area contributed by atoms with Gasteiger partial charge >= 0.3 is 0 Å². The van der Waals surface area contributed by atoms with Gasteiger partial charge in [-0.05, 0) is 37.1 Å². The van der Waals surface area contributed by atoms with E-state index < -0.39 is 0 Å². The van der Waals surface area contributed by atoms with Crippen molar-refractivity contribution in [2.45, 2.75) is 13.3 Å². The van der Waals surface area contributed by atoms with Crippen molar-refractivity contribution in [3.05, 3.63) is 59.7 Å². The number of anilines is 1. The highest BCUT2D eigenvalue weighted by atomic mass is 16.5. The van der Waals surface area contributed by atoms with Gasteiger partial charge in [0.05, 0.1) is 12.2 Å². The SMILES string of the molecule is Cc1cccc(N)c1C(=O)NCCCOc1ccccc1. The predicted octanol–water partition coefficient (Wildman–Crippen LogP) is 2.78. The van der Waals surface area contributed by atoms with E-state index in [1.807, 2.05) is 49.4 Å². The maximum atomic E-state index is 12.1. The van der Waals surface area contributed by atoms with Gasteiger partial charge in [0.2, 0.25) is 0 Å². The molecule has 110 valence electrons. The molecule has 0 bridgehead atoms.